The van der Waals surface area contributed by atoms with Crippen LogP contribution in [0.4, 0.5) is 5.69 Å². The smallest absolute Gasteiger partial charge is 0.0642 e. The number of nitrogens with two attached hydrogens (primary N) is 2. The molecule has 2 rings (SSSR count). The van der Waals surface area contributed by atoms with Crippen LogP contribution in [0.3, 0.4) is 0 Å². The maximum Gasteiger partial charge on any atom is 0.0642 e. The Morgan fingerprint density at radius 3 is 2.60 bits per heavy atom. The number of benzene rings is 1. The third-order valence-corrected chi connectivity index (χ3v) is 4.66. The van der Waals surface area contributed by atoms with Crippen LogP contribution >= 0.6 is 0 Å². The molecule has 1 atom stereocenters. The number of nitrogens with one attached hydrogen (secondary N) is 1. The zero-order valence-electron chi connectivity index (χ0n) is 15.6. The van der Waals surface area contributed by atoms with Gasteiger partial charge in [0.05, 0.1) is 13.2 Å². The van der Waals surface area contributed by atoms with Crippen molar-refractivity contribution >= 4 is 5.69 Å². The van der Waals surface area contributed by atoms with Gasteiger partial charge in [0, 0.05) is 49.7 Å². The summed E-state index contributed by atoms with van der Waals surface area (Å²) in [6, 6.07) is 9.05. The second-order valence-corrected chi connectivity index (χ2v) is 6.54. The lowest BCUT2D eigenvalue weighted by atomic mass is 10.0. The Morgan fingerprint density at radius 2 is 2.00 bits per heavy atom. The molecule has 0 unspecified atom stereocenters. The molecule has 1 aliphatic heterocycles. The highest BCUT2D eigenvalue weighted by Crippen LogP contribution is 2.18. The first-order chi connectivity index (χ1) is 12.1. The van der Waals surface area contributed by atoms with Gasteiger partial charge in [0.15, 0.2) is 0 Å². The summed E-state index contributed by atoms with van der Waals surface area (Å²) in [6.07, 6.45) is 4.55. The fourth-order valence-corrected chi connectivity index (χ4v) is 3.03. The van der Waals surface area contributed by atoms with Gasteiger partial charge in [0.2, 0.25) is 0 Å². The molecule has 0 aromatic heterocycles. The first-order valence-corrected chi connectivity index (χ1v) is 9.19. The van der Waals surface area contributed by atoms with Crippen LogP contribution in [0.5, 0.6) is 0 Å². The van der Waals surface area contributed by atoms with Gasteiger partial charge in [-0.3, -0.25) is 0 Å². The van der Waals surface area contributed by atoms with Crippen molar-refractivity contribution in [3.63, 3.8) is 0 Å². The van der Waals surface area contributed by atoms with E-state index in [0.29, 0.717) is 0 Å². The Kier molecular flexibility index (Phi) is 8.04. The third kappa shape index (κ3) is 6.23. The van der Waals surface area contributed by atoms with Gasteiger partial charge in [0.25, 0.3) is 0 Å². The fourth-order valence-electron chi connectivity index (χ4n) is 3.03. The summed E-state index contributed by atoms with van der Waals surface area (Å²) in [4.78, 5) is 2.37. The van der Waals surface area contributed by atoms with Gasteiger partial charge in [0.1, 0.15) is 0 Å². The molecule has 1 saturated heterocycles. The zero-order valence-corrected chi connectivity index (χ0v) is 15.6. The van der Waals surface area contributed by atoms with Crippen molar-refractivity contribution in [1.29, 1.82) is 0 Å². The molecule has 0 aliphatic carbocycles. The van der Waals surface area contributed by atoms with Gasteiger partial charge in [-0.1, -0.05) is 19.1 Å². The van der Waals surface area contributed by atoms with Gasteiger partial charge in [-0.05, 0) is 37.6 Å². The molecular formula is C19H33N5O. The number of anilines is 1. The highest BCUT2D eigenvalue weighted by atomic mass is 16.5. The van der Waals surface area contributed by atoms with Crippen molar-refractivity contribution in [2.24, 2.45) is 11.6 Å². The molecule has 1 aliphatic rings. The van der Waals surface area contributed by atoms with Gasteiger partial charge in [-0.25, -0.2) is 5.84 Å². The predicted molar refractivity (Wildman–Crippen MR) is 104 cm³/mol. The summed E-state index contributed by atoms with van der Waals surface area (Å²) >= 11 is 0. The molecule has 1 fully saturated rings. The molecule has 1 heterocycles. The second-order valence-electron chi connectivity index (χ2n) is 6.54. The molecule has 0 radical (unpaired) electrons. The van der Waals surface area contributed by atoms with Crippen molar-refractivity contribution in [3.8, 4) is 0 Å². The molecule has 140 valence electrons. The van der Waals surface area contributed by atoms with E-state index in [1.807, 2.05) is 13.2 Å². The minimum absolute atomic E-state index is 0.238. The Labute approximate surface area is 151 Å². The number of ether oxygens (including phenoxy) is 1. The first-order valence-electron chi connectivity index (χ1n) is 9.19. The van der Waals surface area contributed by atoms with E-state index in [1.54, 1.807) is 5.01 Å². The molecule has 5 N–H and O–H groups in total. The van der Waals surface area contributed by atoms with Crippen molar-refractivity contribution in [3.05, 3.63) is 41.7 Å². The van der Waals surface area contributed by atoms with E-state index in [2.05, 4.69) is 41.4 Å². The summed E-state index contributed by atoms with van der Waals surface area (Å²) in [5.74, 6) is 6.23. The molecule has 0 bridgehead atoms. The largest absolute Gasteiger partial charge is 0.401 e. The minimum Gasteiger partial charge on any atom is -0.401 e. The quantitative estimate of drug-likeness (QED) is 0.463. The van der Waals surface area contributed by atoms with Gasteiger partial charge < -0.3 is 25.7 Å². The van der Waals surface area contributed by atoms with Gasteiger partial charge in [-0.2, -0.15) is 0 Å². The summed E-state index contributed by atoms with van der Waals surface area (Å²) in [7, 11) is 1.92. The maximum absolute atomic E-state index is 6.23. The molecular weight excluding hydrogens is 314 g/mol. The van der Waals surface area contributed by atoms with Gasteiger partial charge in [-0.15, -0.1) is 0 Å². The predicted octanol–water partition coefficient (Wildman–Crippen LogP) is 1.43. The number of hydrogen-bond donors (Lipinski definition) is 3. The minimum atomic E-state index is 0.238. The lowest BCUT2D eigenvalue weighted by Gasteiger charge is -2.29. The average Bonchev–Trinajstić information content (AvgIpc) is 2.65. The number of hydrogen-bond acceptors (Lipinski definition) is 6. The molecule has 0 saturated carbocycles. The highest BCUT2D eigenvalue weighted by molar-refractivity contribution is 5.48. The van der Waals surface area contributed by atoms with Crippen LogP contribution in [0.1, 0.15) is 25.3 Å². The fraction of sp³-hybridized carbons (Fsp3) is 0.579. The Hall–Kier alpha value is -1.76. The van der Waals surface area contributed by atoms with E-state index in [1.165, 1.54) is 11.3 Å². The zero-order chi connectivity index (χ0) is 18.1. The van der Waals surface area contributed by atoms with Gasteiger partial charge >= 0.3 is 0 Å². The maximum atomic E-state index is 6.23. The van der Waals surface area contributed by atoms with E-state index in [4.69, 9.17) is 16.3 Å². The summed E-state index contributed by atoms with van der Waals surface area (Å²) in [6.45, 7) is 6.56. The summed E-state index contributed by atoms with van der Waals surface area (Å²) < 4.78 is 5.41. The van der Waals surface area contributed by atoms with E-state index < -0.39 is 0 Å². The number of rotatable bonds is 9. The van der Waals surface area contributed by atoms with E-state index >= 15 is 0 Å². The summed E-state index contributed by atoms with van der Waals surface area (Å²) in [5.41, 5.74) is 9.39. The lowest BCUT2D eigenvalue weighted by Crippen LogP contribution is -2.38. The SMILES string of the molecule is CC[C@H](Cc1ccc(N2CCOCC2)cc1)N(N)/C=C(\N)CCNC. The van der Waals surface area contributed by atoms with Crippen molar-refractivity contribution in [2.75, 3.05) is 44.8 Å². The number of morpholine rings is 1. The van der Waals surface area contributed by atoms with Crippen LogP contribution in [0.2, 0.25) is 0 Å². The Balaban J connectivity index is 1.93. The van der Waals surface area contributed by atoms with Crippen molar-refractivity contribution < 1.29 is 4.74 Å². The Bertz CT molecular complexity index is 525. The van der Waals surface area contributed by atoms with E-state index in [-0.39, 0.29) is 6.04 Å². The molecule has 0 spiro atoms. The second kappa shape index (κ2) is 10.3. The van der Waals surface area contributed by atoms with Crippen LogP contribution in [-0.2, 0) is 11.2 Å². The monoisotopic (exact) mass is 347 g/mol. The normalized spacial score (nSPS) is 16.8. The Morgan fingerprint density at radius 1 is 1.32 bits per heavy atom. The van der Waals surface area contributed by atoms with Crippen molar-refractivity contribution in [2.45, 2.75) is 32.2 Å². The highest BCUT2D eigenvalue weighted by Gasteiger charge is 2.14. The summed E-state index contributed by atoms with van der Waals surface area (Å²) in [5, 5.41) is 4.86. The van der Waals surface area contributed by atoms with Crippen LogP contribution in [-0.4, -0.2) is 50.9 Å². The first kappa shape index (κ1) is 19.6. The van der Waals surface area contributed by atoms with Crippen LogP contribution in [0.15, 0.2) is 36.2 Å². The molecule has 25 heavy (non-hydrogen) atoms. The average molecular weight is 348 g/mol. The van der Waals surface area contributed by atoms with Crippen LogP contribution in [0.25, 0.3) is 0 Å². The van der Waals surface area contributed by atoms with Crippen molar-refractivity contribution in [1.82, 2.24) is 10.3 Å². The van der Waals surface area contributed by atoms with Crippen LogP contribution < -0.4 is 21.8 Å². The van der Waals surface area contributed by atoms with E-state index in [9.17, 15) is 0 Å². The molecule has 0 amide bonds. The number of hydrazine groups is 1. The third-order valence-electron chi connectivity index (χ3n) is 4.66. The molecule has 1 aromatic carbocycles. The lowest BCUT2D eigenvalue weighted by molar-refractivity contribution is 0.122. The number of nitrogens with zero attached hydrogens (tertiary/aromatic N) is 2. The standard InChI is InChI=1S/C19H33N5O/c1-3-18(24(21)15-17(20)8-9-22-2)14-16-4-6-19(7-5-16)23-10-12-25-13-11-23/h4-7,15,18,22H,3,8-14,20-21H2,1-2H3/b17-15-/t18-/m1/s1. The molecule has 1 aromatic rings. The van der Waals surface area contributed by atoms with E-state index in [0.717, 1.165) is 57.8 Å². The molecule has 6 nitrogen and oxygen atoms in total. The van der Waals surface area contributed by atoms with Crippen LogP contribution in [0, 0.1) is 0 Å². The topological polar surface area (TPSA) is 79.8 Å². The molecule has 6 heteroatoms.